The summed E-state index contributed by atoms with van der Waals surface area (Å²) >= 11 is 0. The van der Waals surface area contributed by atoms with E-state index >= 15 is 0 Å². The van der Waals surface area contributed by atoms with Gasteiger partial charge in [0.25, 0.3) is 0 Å². The molecular weight excluding hydrogens is 981 g/mol. The average molecular weight is 1030 g/mol. The maximum Gasteiger partial charge on any atom is 0.416 e. The maximum atomic E-state index is 13.3. The van der Waals surface area contributed by atoms with Crippen LogP contribution in [0.2, 0.25) is 0 Å². The molecule has 4 aromatic rings. The summed E-state index contributed by atoms with van der Waals surface area (Å²) in [6.07, 6.45) is -19.4. The second kappa shape index (κ2) is 20.7. The number of cyclic esters (lactones) is 2. The molecule has 2 amide bonds. The Morgan fingerprint density at radius 3 is 1.07 bits per heavy atom. The van der Waals surface area contributed by atoms with E-state index in [1.165, 1.54) is 13.8 Å². The van der Waals surface area contributed by atoms with Crippen LogP contribution in [0.3, 0.4) is 0 Å². The number of benzene rings is 4. The zero-order chi connectivity index (χ0) is 52.4. The zero-order valence-electron chi connectivity index (χ0n) is 38.9. The fourth-order valence-electron chi connectivity index (χ4n) is 9.46. The van der Waals surface area contributed by atoms with E-state index in [4.69, 9.17) is 18.9 Å². The number of hydrogen-bond acceptors (Lipinski definition) is 8. The highest BCUT2D eigenvalue weighted by Gasteiger charge is 2.48. The number of hydrogen-bond donors (Lipinski definition) is 4. The van der Waals surface area contributed by atoms with Gasteiger partial charge >= 0.3 is 36.9 Å². The van der Waals surface area contributed by atoms with Crippen molar-refractivity contribution >= 4 is 12.2 Å². The lowest BCUT2D eigenvalue weighted by Gasteiger charge is -2.49. The molecule has 2 spiro atoms. The minimum absolute atomic E-state index is 0.00367. The van der Waals surface area contributed by atoms with Gasteiger partial charge in [0.1, 0.15) is 0 Å². The van der Waals surface area contributed by atoms with Gasteiger partial charge in [-0.25, -0.2) is 9.59 Å². The Labute approximate surface area is 406 Å². The lowest BCUT2D eigenvalue weighted by Crippen LogP contribution is -2.66. The van der Waals surface area contributed by atoms with Crippen molar-refractivity contribution in [3.05, 3.63) is 142 Å². The van der Waals surface area contributed by atoms with Gasteiger partial charge in [-0.05, 0) is 98.2 Å². The number of carbonyl (C=O) groups excluding carboxylic acids is 2. The van der Waals surface area contributed by atoms with E-state index in [0.29, 0.717) is 75.9 Å². The van der Waals surface area contributed by atoms with Crippen molar-refractivity contribution < 1.29 is 81.2 Å². The Bertz CT molecular complexity index is 2270. The number of nitrogens with one attached hydrogen (secondary N) is 4. The molecule has 4 heterocycles. The second-order valence-electron chi connectivity index (χ2n) is 18.8. The third-order valence-corrected chi connectivity index (χ3v) is 13.9. The normalized spacial score (nSPS) is 25.8. The van der Waals surface area contributed by atoms with Crippen LogP contribution in [0.15, 0.2) is 97.1 Å². The second-order valence-corrected chi connectivity index (χ2v) is 18.8. The smallest absolute Gasteiger partial charge is 0.416 e. The first-order valence-electron chi connectivity index (χ1n) is 23.0. The van der Waals surface area contributed by atoms with E-state index in [-0.39, 0.29) is 49.7 Å². The SMILES string of the molecule is C[C@@H](OC[C@@]1(c2ccccc2)CC[C@@]2(CCOC(=O)N2)CN1)c1cc(C(F)(F)F)cc(C(F)(F)F)c1.C[C@@H](OC[C@@]1(c2ccccc2)CC[C@]2(CCOC(=O)N2)CN1)c1cc(C(F)(F)F)cc(C(F)(F)F)c1. The molecule has 10 nitrogen and oxygen atoms in total. The summed E-state index contributed by atoms with van der Waals surface area (Å²) in [6.45, 7) is 4.22. The fourth-order valence-corrected chi connectivity index (χ4v) is 9.46. The van der Waals surface area contributed by atoms with Gasteiger partial charge in [-0.1, -0.05) is 60.7 Å². The van der Waals surface area contributed by atoms with Crippen LogP contribution in [-0.4, -0.2) is 62.8 Å². The van der Waals surface area contributed by atoms with E-state index in [1.54, 1.807) is 0 Å². The molecule has 8 rings (SSSR count). The highest BCUT2D eigenvalue weighted by Crippen LogP contribution is 2.43. The highest BCUT2D eigenvalue weighted by atomic mass is 19.4. The minimum atomic E-state index is -4.94. The Balaban J connectivity index is 0.000000211. The standard InChI is InChI=1S/2C25H26F6N2O3/c2*1-16(17-11-19(24(26,27)28)13-20(12-17)25(29,30)31)36-15-23(18-5-3-2-4-6-18)8-7-22(14-32-23)9-10-35-21(34)33-22/h2*2-6,11-13,16,32H,7-10,14-15H2,1H3,(H,33,34)/t16-,22+,23-;16-,22-,23-/m11/s1. The quantitative estimate of drug-likeness (QED) is 0.116. The van der Waals surface area contributed by atoms with Crippen LogP contribution in [0.1, 0.15) is 109 Å². The monoisotopic (exact) mass is 1030 g/mol. The van der Waals surface area contributed by atoms with Crippen molar-refractivity contribution in [1.82, 2.24) is 21.3 Å². The summed E-state index contributed by atoms with van der Waals surface area (Å²) in [5, 5.41) is 12.7. The van der Waals surface area contributed by atoms with Crippen LogP contribution in [-0.2, 0) is 54.7 Å². The number of carbonyl (C=O) groups is 2. The van der Waals surface area contributed by atoms with Crippen molar-refractivity contribution in [3.8, 4) is 0 Å². The third-order valence-electron chi connectivity index (χ3n) is 13.9. The molecule has 0 saturated carbocycles. The highest BCUT2D eigenvalue weighted by molar-refractivity contribution is 5.69. The lowest BCUT2D eigenvalue weighted by molar-refractivity contribution is -0.145. The summed E-state index contributed by atoms with van der Waals surface area (Å²) in [5.74, 6) is 0. The number of rotatable bonds is 10. The van der Waals surface area contributed by atoms with Gasteiger partial charge in [-0.15, -0.1) is 0 Å². The number of alkyl carbamates (subject to hydrolysis) is 2. The van der Waals surface area contributed by atoms with Gasteiger partial charge in [0, 0.05) is 25.9 Å². The van der Waals surface area contributed by atoms with Crippen molar-refractivity contribution in [2.45, 2.75) is 111 Å². The maximum absolute atomic E-state index is 13.3. The Kier molecular flexibility index (Phi) is 15.6. The van der Waals surface area contributed by atoms with Crippen molar-refractivity contribution in [2.75, 3.05) is 39.5 Å². The molecule has 4 fully saturated rings. The van der Waals surface area contributed by atoms with Crippen molar-refractivity contribution in [2.24, 2.45) is 0 Å². The molecule has 4 saturated heterocycles. The molecule has 6 atom stereocenters. The van der Waals surface area contributed by atoms with E-state index in [9.17, 15) is 62.3 Å². The summed E-state index contributed by atoms with van der Waals surface area (Å²) in [5.41, 5.74) is -6.73. The summed E-state index contributed by atoms with van der Waals surface area (Å²) in [4.78, 5) is 23.6. The van der Waals surface area contributed by atoms with Crippen LogP contribution in [0.5, 0.6) is 0 Å². The Morgan fingerprint density at radius 2 is 0.806 bits per heavy atom. The first kappa shape index (κ1) is 54.2. The lowest BCUT2D eigenvalue weighted by atomic mass is 9.75. The average Bonchev–Trinajstić information content (AvgIpc) is 3.33. The Morgan fingerprint density at radius 1 is 0.486 bits per heavy atom. The molecule has 22 heteroatoms. The van der Waals surface area contributed by atoms with Crippen molar-refractivity contribution in [1.29, 1.82) is 0 Å². The van der Waals surface area contributed by atoms with E-state index < -0.39 is 93.5 Å². The van der Waals surface area contributed by atoms with Gasteiger partial charge in [0.2, 0.25) is 0 Å². The number of halogens is 12. The summed E-state index contributed by atoms with van der Waals surface area (Å²) in [6, 6.07) is 21.5. The molecule has 0 radical (unpaired) electrons. The summed E-state index contributed by atoms with van der Waals surface area (Å²) < 4.78 is 181. The van der Waals surface area contributed by atoms with Crippen LogP contribution in [0.25, 0.3) is 0 Å². The van der Waals surface area contributed by atoms with E-state index in [0.717, 1.165) is 11.1 Å². The molecule has 72 heavy (non-hydrogen) atoms. The van der Waals surface area contributed by atoms with Crippen molar-refractivity contribution in [3.63, 3.8) is 0 Å². The Hall–Kier alpha value is -5.58. The van der Waals surface area contributed by atoms with E-state index in [2.05, 4.69) is 21.3 Å². The molecule has 0 aromatic heterocycles. The van der Waals surface area contributed by atoms with Gasteiger partial charge in [-0.3, -0.25) is 0 Å². The van der Waals surface area contributed by atoms with Gasteiger partial charge in [-0.2, -0.15) is 52.7 Å². The molecular formula is C50H52F12N4O6. The molecule has 0 bridgehead atoms. The fraction of sp³-hybridized carbons (Fsp3) is 0.480. The molecule has 392 valence electrons. The summed E-state index contributed by atoms with van der Waals surface area (Å²) in [7, 11) is 0. The molecule has 4 aliphatic heterocycles. The molecule has 4 aliphatic rings. The number of ether oxygens (including phenoxy) is 4. The molecule has 0 unspecified atom stereocenters. The number of amides is 2. The van der Waals surface area contributed by atoms with Gasteiger partial charge in [0.15, 0.2) is 0 Å². The first-order valence-corrected chi connectivity index (χ1v) is 23.0. The van der Waals surface area contributed by atoms with Crippen LogP contribution in [0, 0.1) is 0 Å². The first-order chi connectivity index (χ1) is 33.6. The van der Waals surface area contributed by atoms with Crippen LogP contribution < -0.4 is 21.3 Å². The van der Waals surface area contributed by atoms with Crippen LogP contribution in [0.4, 0.5) is 62.3 Å². The number of piperidine rings is 2. The van der Waals surface area contributed by atoms with Crippen LogP contribution >= 0.6 is 0 Å². The molecule has 0 aliphatic carbocycles. The van der Waals surface area contributed by atoms with Gasteiger partial charge in [0.05, 0.1) is 83.0 Å². The largest absolute Gasteiger partial charge is 0.449 e. The predicted octanol–water partition coefficient (Wildman–Crippen LogP) is 11.9. The van der Waals surface area contributed by atoms with E-state index in [1.807, 2.05) is 60.7 Å². The molecule has 4 aromatic carbocycles. The molecule has 4 N–H and O–H groups in total. The number of alkyl halides is 12. The third kappa shape index (κ3) is 12.8. The minimum Gasteiger partial charge on any atom is -0.449 e. The predicted molar refractivity (Wildman–Crippen MR) is 236 cm³/mol. The van der Waals surface area contributed by atoms with Gasteiger partial charge < -0.3 is 40.2 Å². The zero-order valence-corrected chi connectivity index (χ0v) is 38.9. The topological polar surface area (TPSA) is 119 Å².